The number of likely N-dealkylation sites (N-methyl/N-ethyl adjacent to an activating group) is 1. The molecule has 0 aromatic heterocycles. The smallest absolute Gasteiger partial charge is 0.241 e. The molecule has 1 fully saturated rings. The van der Waals surface area contributed by atoms with Crippen molar-refractivity contribution in [1.82, 2.24) is 4.90 Å². The molecule has 7 heteroatoms. The Kier molecular flexibility index (Phi) is 12.8. The maximum absolute atomic E-state index is 13.3. The Morgan fingerprint density at radius 3 is 2.39 bits per heavy atom. The Morgan fingerprint density at radius 1 is 1.00 bits per heavy atom. The van der Waals surface area contributed by atoms with E-state index in [1.165, 1.54) is 0 Å². The third-order valence-electron chi connectivity index (χ3n) is 8.81. The summed E-state index contributed by atoms with van der Waals surface area (Å²) in [5.41, 5.74) is 4.77. The monoisotopic (exact) mass is 566 g/mol. The highest BCUT2D eigenvalue weighted by Crippen LogP contribution is 2.24. The Morgan fingerprint density at radius 2 is 1.71 bits per heavy atom. The summed E-state index contributed by atoms with van der Waals surface area (Å²) in [6.07, 6.45) is 5.41. The van der Waals surface area contributed by atoms with Gasteiger partial charge >= 0.3 is 0 Å². The molecule has 2 aromatic rings. The van der Waals surface area contributed by atoms with E-state index in [9.17, 15) is 14.7 Å². The van der Waals surface area contributed by atoms with E-state index >= 15 is 0 Å². The fourth-order valence-corrected chi connectivity index (χ4v) is 6.05. The molecular weight excluding hydrogens is 514 g/mol. The molecule has 1 saturated heterocycles. The number of piperidine rings is 1. The molecule has 2 unspecified atom stereocenters. The molecule has 2 N–H and O–H groups in total. The van der Waals surface area contributed by atoms with Crippen molar-refractivity contribution in [2.75, 3.05) is 57.8 Å². The van der Waals surface area contributed by atoms with Crippen LogP contribution >= 0.6 is 0 Å². The molecule has 0 aliphatic carbocycles. The van der Waals surface area contributed by atoms with Gasteiger partial charge in [-0.2, -0.15) is 0 Å². The van der Waals surface area contributed by atoms with Crippen molar-refractivity contribution in [3.8, 4) is 5.75 Å². The maximum atomic E-state index is 13.3. The van der Waals surface area contributed by atoms with Gasteiger partial charge in [0, 0.05) is 24.2 Å². The number of phenols is 1. The van der Waals surface area contributed by atoms with Crippen LogP contribution in [0.2, 0.25) is 0 Å². The molecule has 2 aromatic carbocycles. The fraction of sp³-hybridized carbons (Fsp3) is 0.588. The van der Waals surface area contributed by atoms with Gasteiger partial charge in [0.1, 0.15) is 18.8 Å². The normalized spacial score (nSPS) is 17.2. The summed E-state index contributed by atoms with van der Waals surface area (Å²) in [6.45, 7) is 16.1. The number of ketones is 1. The van der Waals surface area contributed by atoms with E-state index < -0.39 is 0 Å². The molecule has 1 amide bonds. The second-order valence-corrected chi connectivity index (χ2v) is 11.8. The van der Waals surface area contributed by atoms with Gasteiger partial charge in [0.25, 0.3) is 0 Å². The van der Waals surface area contributed by atoms with E-state index in [4.69, 9.17) is 4.74 Å². The van der Waals surface area contributed by atoms with E-state index in [-0.39, 0.29) is 29.9 Å². The van der Waals surface area contributed by atoms with E-state index in [1.54, 1.807) is 6.07 Å². The van der Waals surface area contributed by atoms with Crippen molar-refractivity contribution >= 4 is 17.4 Å². The Bertz CT molecular complexity index is 1110. The highest BCUT2D eigenvalue weighted by Gasteiger charge is 2.30. The molecule has 7 nitrogen and oxygen atoms in total. The second-order valence-electron chi connectivity index (χ2n) is 11.8. The van der Waals surface area contributed by atoms with Crippen molar-refractivity contribution in [3.63, 3.8) is 0 Å². The number of benzene rings is 2. The summed E-state index contributed by atoms with van der Waals surface area (Å²) < 4.78 is 6.85. The summed E-state index contributed by atoms with van der Waals surface area (Å²) in [5.74, 6) is 0.420. The second kappa shape index (κ2) is 16.0. The number of hydrogen-bond donors (Lipinski definition) is 2. The minimum atomic E-state index is -0.142. The number of aromatic hydroxyl groups is 1. The molecule has 41 heavy (non-hydrogen) atoms. The van der Waals surface area contributed by atoms with Gasteiger partial charge in [-0.3, -0.25) is 14.5 Å². The number of phenolic OH excluding ortho intramolecular Hbond substituents is 1. The predicted molar refractivity (Wildman–Crippen MR) is 166 cm³/mol. The number of unbranched alkanes of at least 4 members (excludes halogenated alkanes) is 1. The summed E-state index contributed by atoms with van der Waals surface area (Å²) in [4.78, 5) is 28.8. The van der Waals surface area contributed by atoms with Crippen molar-refractivity contribution in [1.29, 1.82) is 0 Å². The first-order valence-electron chi connectivity index (χ1n) is 15.5. The number of carbonyl (C=O) groups is 2. The summed E-state index contributed by atoms with van der Waals surface area (Å²) in [7, 11) is 0. The first-order chi connectivity index (χ1) is 19.7. The number of Topliss-reactive ketones (excluding diaryl/α,β-unsaturated/α-hetero) is 1. The van der Waals surface area contributed by atoms with E-state index in [2.05, 4.69) is 24.1 Å². The number of likely N-dealkylation sites (tertiary alicyclic amines) is 1. The lowest BCUT2D eigenvalue weighted by Gasteiger charge is -2.38. The van der Waals surface area contributed by atoms with E-state index in [1.807, 2.05) is 51.1 Å². The SMILES string of the molecule is CCCC[N+](CC)(CCOCCN1CCCCC1C(=O)Nc1c(C)cccc1C)CC(=O)Cc1c(C)cccc1O. The molecule has 1 aliphatic heterocycles. The Labute approximate surface area is 247 Å². The van der Waals surface area contributed by atoms with Gasteiger partial charge < -0.3 is 19.6 Å². The summed E-state index contributed by atoms with van der Waals surface area (Å²) >= 11 is 0. The van der Waals surface area contributed by atoms with Gasteiger partial charge in [-0.1, -0.05) is 50.1 Å². The quantitative estimate of drug-likeness (QED) is 0.205. The Hall–Kier alpha value is -2.74. The Balaban J connectivity index is 1.54. The molecule has 1 aliphatic rings. The van der Waals surface area contributed by atoms with Gasteiger partial charge in [-0.05, 0) is 76.3 Å². The van der Waals surface area contributed by atoms with Crippen molar-refractivity contribution < 1.29 is 23.9 Å². The van der Waals surface area contributed by atoms with Crippen molar-refractivity contribution in [2.45, 2.75) is 79.2 Å². The zero-order valence-electron chi connectivity index (χ0n) is 26.0. The molecule has 0 saturated carbocycles. The standard InChI is InChI=1S/C34H51N3O4/c1-6-8-20-37(7-2,25-29(38)24-30-26(3)13-12-17-32(30)39)21-23-41-22-19-36-18-10-9-16-31(36)34(40)35-33-27(4)14-11-15-28(33)5/h11-15,17,31H,6-10,16,18-25H2,1-5H3,(H-,35,39,40)/p+1. The number of nitrogens with one attached hydrogen (secondary N) is 1. The third-order valence-corrected chi connectivity index (χ3v) is 8.81. The third kappa shape index (κ3) is 9.38. The predicted octanol–water partition coefficient (Wildman–Crippen LogP) is 5.58. The molecule has 2 atom stereocenters. The number of para-hydroxylation sites is 1. The van der Waals surface area contributed by atoms with Gasteiger partial charge in [-0.15, -0.1) is 0 Å². The highest BCUT2D eigenvalue weighted by atomic mass is 16.5. The van der Waals surface area contributed by atoms with Crippen LogP contribution < -0.4 is 5.32 Å². The lowest BCUT2D eigenvalue weighted by atomic mass is 10.0. The van der Waals surface area contributed by atoms with Crippen LogP contribution in [-0.2, 0) is 20.7 Å². The molecule has 226 valence electrons. The van der Waals surface area contributed by atoms with E-state index in [0.717, 1.165) is 92.8 Å². The lowest BCUT2D eigenvalue weighted by molar-refractivity contribution is -0.919. The number of nitrogens with zero attached hydrogens (tertiary/aromatic N) is 2. The first-order valence-corrected chi connectivity index (χ1v) is 15.5. The van der Waals surface area contributed by atoms with Gasteiger partial charge in [0.2, 0.25) is 5.91 Å². The highest BCUT2D eigenvalue weighted by molar-refractivity contribution is 5.96. The average Bonchev–Trinajstić information content (AvgIpc) is 2.95. The molecule has 0 radical (unpaired) electrons. The van der Waals surface area contributed by atoms with Gasteiger partial charge in [0.15, 0.2) is 5.78 Å². The number of ether oxygens (including phenoxy) is 1. The number of anilines is 1. The minimum Gasteiger partial charge on any atom is -0.508 e. The van der Waals surface area contributed by atoms with Crippen LogP contribution in [0.25, 0.3) is 0 Å². The molecule has 0 bridgehead atoms. The van der Waals surface area contributed by atoms with Crippen LogP contribution in [0.5, 0.6) is 5.75 Å². The van der Waals surface area contributed by atoms with Crippen LogP contribution in [0.3, 0.4) is 0 Å². The summed E-state index contributed by atoms with van der Waals surface area (Å²) in [6, 6.07) is 11.3. The van der Waals surface area contributed by atoms with E-state index in [0.29, 0.717) is 24.2 Å². The largest absolute Gasteiger partial charge is 0.508 e. The van der Waals surface area contributed by atoms with Crippen molar-refractivity contribution in [3.05, 3.63) is 58.7 Å². The van der Waals surface area contributed by atoms with Crippen molar-refractivity contribution in [2.24, 2.45) is 0 Å². The zero-order chi connectivity index (χ0) is 29.8. The number of amides is 1. The summed E-state index contributed by atoms with van der Waals surface area (Å²) in [5, 5.41) is 13.5. The van der Waals surface area contributed by atoms with Crippen LogP contribution in [0.4, 0.5) is 5.69 Å². The minimum absolute atomic E-state index is 0.0709. The lowest BCUT2D eigenvalue weighted by Crippen LogP contribution is -2.54. The fourth-order valence-electron chi connectivity index (χ4n) is 6.05. The number of carbonyl (C=O) groups excluding carboxylic acids is 2. The number of aryl methyl sites for hydroxylation is 3. The average molecular weight is 567 g/mol. The van der Waals surface area contributed by atoms with Crippen LogP contribution in [0, 0.1) is 20.8 Å². The molecular formula is C34H52N3O4+. The van der Waals surface area contributed by atoms with Gasteiger partial charge in [0.05, 0.1) is 32.3 Å². The van der Waals surface area contributed by atoms with Crippen LogP contribution in [-0.4, -0.2) is 84.7 Å². The molecule has 1 heterocycles. The van der Waals surface area contributed by atoms with Gasteiger partial charge in [-0.25, -0.2) is 0 Å². The molecule has 3 rings (SSSR count). The zero-order valence-corrected chi connectivity index (χ0v) is 26.0. The molecule has 0 spiro atoms. The first kappa shape index (κ1) is 32.8. The maximum Gasteiger partial charge on any atom is 0.241 e. The topological polar surface area (TPSA) is 78.9 Å². The van der Waals surface area contributed by atoms with Crippen LogP contribution in [0.1, 0.15) is 68.2 Å². The number of quaternary nitrogens is 1. The number of rotatable bonds is 16. The number of hydrogen-bond acceptors (Lipinski definition) is 5. The van der Waals surface area contributed by atoms with Crippen LogP contribution in [0.15, 0.2) is 36.4 Å².